The van der Waals surface area contributed by atoms with E-state index in [0.29, 0.717) is 25.4 Å². The summed E-state index contributed by atoms with van der Waals surface area (Å²) in [6.45, 7) is 9.57. The molecule has 6 heteroatoms. The molecule has 0 N–H and O–H groups in total. The van der Waals surface area contributed by atoms with Crippen LogP contribution in [0, 0.1) is 0 Å². The summed E-state index contributed by atoms with van der Waals surface area (Å²) < 4.78 is 22.9. The summed E-state index contributed by atoms with van der Waals surface area (Å²) in [6, 6.07) is 11.8. The van der Waals surface area contributed by atoms with E-state index in [1.165, 1.54) is 0 Å². The van der Waals surface area contributed by atoms with Gasteiger partial charge >= 0.3 is 0 Å². The smallest absolute Gasteiger partial charge is 0.247 e. The standard InChI is InChI=1S/C27H31NO5/c1-6-31-25-13-26-23(24(16-32-26)20-8-7-9-21(11-20)30-5)12-22(25)17(2)10-27(29)28-14-18(3)33-19(4)15-28/h7-13,16,18-19H,6,14-15H2,1-5H3/b17-10+. The number of furan rings is 1. The lowest BCUT2D eigenvalue weighted by molar-refractivity contribution is -0.137. The fraction of sp³-hybridized carbons (Fsp3) is 0.370. The number of methoxy groups -OCH3 is 1. The highest BCUT2D eigenvalue weighted by molar-refractivity contribution is 6.00. The minimum Gasteiger partial charge on any atom is -0.497 e. The van der Waals surface area contributed by atoms with E-state index in [1.54, 1.807) is 19.4 Å². The molecule has 0 spiro atoms. The number of hydrogen-bond acceptors (Lipinski definition) is 5. The molecule has 6 nitrogen and oxygen atoms in total. The normalized spacial score (nSPS) is 19.1. The fourth-order valence-corrected chi connectivity index (χ4v) is 4.36. The number of ether oxygens (including phenoxy) is 3. The van der Waals surface area contributed by atoms with Gasteiger partial charge < -0.3 is 23.5 Å². The molecule has 33 heavy (non-hydrogen) atoms. The molecule has 174 valence electrons. The van der Waals surface area contributed by atoms with Crippen molar-refractivity contribution in [3.05, 3.63) is 54.3 Å². The zero-order valence-electron chi connectivity index (χ0n) is 19.9. The number of carbonyl (C=O) groups is 1. The van der Waals surface area contributed by atoms with E-state index >= 15 is 0 Å². The minimum atomic E-state index is -0.0164. The number of fused-ring (bicyclic) bond motifs is 1. The van der Waals surface area contributed by atoms with Crippen molar-refractivity contribution in [2.75, 3.05) is 26.8 Å². The van der Waals surface area contributed by atoms with Crippen molar-refractivity contribution in [3.63, 3.8) is 0 Å². The van der Waals surface area contributed by atoms with Gasteiger partial charge in [-0.15, -0.1) is 0 Å². The molecule has 4 rings (SSSR count). The lowest BCUT2D eigenvalue weighted by Crippen LogP contribution is -2.47. The maximum atomic E-state index is 13.0. The lowest BCUT2D eigenvalue weighted by atomic mass is 9.99. The van der Waals surface area contributed by atoms with Gasteiger partial charge in [0.25, 0.3) is 0 Å². The number of morpholine rings is 1. The van der Waals surface area contributed by atoms with Gasteiger partial charge in [0.1, 0.15) is 17.1 Å². The van der Waals surface area contributed by atoms with Crippen LogP contribution >= 0.6 is 0 Å². The van der Waals surface area contributed by atoms with E-state index in [0.717, 1.165) is 39.0 Å². The topological polar surface area (TPSA) is 61.1 Å². The molecule has 2 aromatic carbocycles. The van der Waals surface area contributed by atoms with Crippen molar-refractivity contribution in [3.8, 4) is 22.6 Å². The molecule has 0 bridgehead atoms. The van der Waals surface area contributed by atoms with E-state index in [2.05, 4.69) is 0 Å². The van der Waals surface area contributed by atoms with Crippen molar-refractivity contribution in [2.24, 2.45) is 0 Å². The number of amides is 1. The van der Waals surface area contributed by atoms with Crippen LogP contribution in [-0.4, -0.2) is 49.8 Å². The van der Waals surface area contributed by atoms with Crippen molar-refractivity contribution >= 4 is 22.4 Å². The van der Waals surface area contributed by atoms with Crippen LogP contribution in [0.2, 0.25) is 0 Å². The molecule has 3 aromatic rings. The van der Waals surface area contributed by atoms with Crippen LogP contribution in [0.15, 0.2) is 53.2 Å². The van der Waals surface area contributed by atoms with E-state index < -0.39 is 0 Å². The third-order valence-electron chi connectivity index (χ3n) is 5.85. The Labute approximate surface area is 194 Å². The maximum absolute atomic E-state index is 13.0. The number of benzene rings is 2. The Morgan fingerprint density at radius 1 is 1.18 bits per heavy atom. The second kappa shape index (κ2) is 9.71. The molecule has 0 saturated carbocycles. The molecule has 1 saturated heterocycles. The molecular weight excluding hydrogens is 418 g/mol. The van der Waals surface area contributed by atoms with Gasteiger partial charge in [0.2, 0.25) is 5.91 Å². The molecule has 0 radical (unpaired) electrons. The zero-order chi connectivity index (χ0) is 23.5. The third kappa shape index (κ3) is 4.91. The second-order valence-corrected chi connectivity index (χ2v) is 8.49. The van der Waals surface area contributed by atoms with E-state index in [1.807, 2.05) is 69.0 Å². The van der Waals surface area contributed by atoms with Gasteiger partial charge in [0.05, 0.1) is 32.2 Å². The van der Waals surface area contributed by atoms with Gasteiger partial charge in [-0.1, -0.05) is 12.1 Å². The van der Waals surface area contributed by atoms with Crippen LogP contribution in [0.1, 0.15) is 33.3 Å². The molecule has 2 heterocycles. The van der Waals surface area contributed by atoms with E-state index in [-0.39, 0.29) is 18.1 Å². The summed E-state index contributed by atoms with van der Waals surface area (Å²) in [7, 11) is 1.65. The number of carbonyl (C=O) groups excluding carboxylic acids is 1. The molecule has 1 aliphatic heterocycles. The average Bonchev–Trinajstić information content (AvgIpc) is 3.21. The molecule has 2 unspecified atom stereocenters. The van der Waals surface area contributed by atoms with Gasteiger partial charge in [-0.3, -0.25) is 4.79 Å². The van der Waals surface area contributed by atoms with E-state index in [4.69, 9.17) is 18.6 Å². The minimum absolute atomic E-state index is 0.0164. The Balaban J connectivity index is 1.74. The Morgan fingerprint density at radius 3 is 2.64 bits per heavy atom. The van der Waals surface area contributed by atoms with Gasteiger partial charge in [-0.25, -0.2) is 0 Å². The summed E-state index contributed by atoms with van der Waals surface area (Å²) in [5.41, 5.74) is 4.41. The Hall–Kier alpha value is -3.25. The number of allylic oxidation sites excluding steroid dienone is 1. The predicted octanol–water partition coefficient (Wildman–Crippen LogP) is 5.55. The molecule has 1 aromatic heterocycles. The van der Waals surface area contributed by atoms with Gasteiger partial charge in [0.15, 0.2) is 0 Å². The van der Waals surface area contributed by atoms with Crippen molar-refractivity contribution in [2.45, 2.75) is 39.9 Å². The quantitative estimate of drug-likeness (QED) is 0.462. The second-order valence-electron chi connectivity index (χ2n) is 8.49. The average molecular weight is 450 g/mol. The first-order valence-corrected chi connectivity index (χ1v) is 11.3. The first-order valence-electron chi connectivity index (χ1n) is 11.3. The first-order chi connectivity index (χ1) is 15.9. The van der Waals surface area contributed by atoms with Crippen LogP contribution in [0.4, 0.5) is 0 Å². The van der Waals surface area contributed by atoms with Gasteiger partial charge in [0, 0.05) is 41.7 Å². The molecule has 1 amide bonds. The molecule has 1 aliphatic rings. The highest BCUT2D eigenvalue weighted by Gasteiger charge is 2.25. The van der Waals surface area contributed by atoms with Crippen molar-refractivity contribution < 1.29 is 23.4 Å². The van der Waals surface area contributed by atoms with Crippen LogP contribution in [0.5, 0.6) is 11.5 Å². The van der Waals surface area contributed by atoms with Crippen LogP contribution in [0.25, 0.3) is 27.7 Å². The van der Waals surface area contributed by atoms with Crippen LogP contribution < -0.4 is 9.47 Å². The summed E-state index contributed by atoms with van der Waals surface area (Å²) >= 11 is 0. The number of rotatable bonds is 6. The Bertz CT molecular complexity index is 1170. The third-order valence-corrected chi connectivity index (χ3v) is 5.85. The maximum Gasteiger partial charge on any atom is 0.247 e. The van der Waals surface area contributed by atoms with Gasteiger partial charge in [-0.2, -0.15) is 0 Å². The SMILES string of the molecule is CCOc1cc2occ(-c3cccc(OC)c3)c2cc1/C(C)=C/C(=O)N1CC(C)OC(C)C1. The molecule has 2 atom stereocenters. The largest absolute Gasteiger partial charge is 0.497 e. The highest BCUT2D eigenvalue weighted by atomic mass is 16.5. The highest BCUT2D eigenvalue weighted by Crippen LogP contribution is 2.38. The number of hydrogen-bond donors (Lipinski definition) is 0. The van der Waals surface area contributed by atoms with Gasteiger partial charge in [-0.05, 0) is 57.0 Å². The Kier molecular flexibility index (Phi) is 6.75. The summed E-state index contributed by atoms with van der Waals surface area (Å²) in [5, 5.41) is 0.954. The number of nitrogens with zero attached hydrogens (tertiary/aromatic N) is 1. The van der Waals surface area contributed by atoms with Crippen molar-refractivity contribution in [1.82, 2.24) is 4.90 Å². The summed E-state index contributed by atoms with van der Waals surface area (Å²) in [5.74, 6) is 1.46. The molecular formula is C27H31NO5. The lowest BCUT2D eigenvalue weighted by Gasteiger charge is -2.34. The van der Waals surface area contributed by atoms with Crippen LogP contribution in [-0.2, 0) is 9.53 Å². The molecule has 1 fully saturated rings. The predicted molar refractivity (Wildman–Crippen MR) is 130 cm³/mol. The summed E-state index contributed by atoms with van der Waals surface area (Å²) in [4.78, 5) is 14.9. The molecule has 0 aliphatic carbocycles. The Morgan fingerprint density at radius 2 is 1.94 bits per heavy atom. The van der Waals surface area contributed by atoms with Crippen molar-refractivity contribution in [1.29, 1.82) is 0 Å². The van der Waals surface area contributed by atoms with E-state index in [9.17, 15) is 4.79 Å². The zero-order valence-corrected chi connectivity index (χ0v) is 19.9. The summed E-state index contributed by atoms with van der Waals surface area (Å²) in [6.07, 6.45) is 3.50. The first kappa shape index (κ1) is 22.9. The monoisotopic (exact) mass is 449 g/mol. The fourth-order valence-electron chi connectivity index (χ4n) is 4.36. The van der Waals surface area contributed by atoms with Crippen LogP contribution in [0.3, 0.4) is 0 Å².